The van der Waals surface area contributed by atoms with Gasteiger partial charge in [0.25, 0.3) is 0 Å². The second-order valence-corrected chi connectivity index (χ2v) is 3.98. The number of aromatic nitrogens is 2. The van der Waals surface area contributed by atoms with Gasteiger partial charge in [0.15, 0.2) is 0 Å². The number of nitrogen functional groups attached to an aromatic ring is 1. The monoisotopic (exact) mass is 236 g/mol. The Hall–Kier alpha value is -1.52. The van der Waals surface area contributed by atoms with E-state index < -0.39 is 0 Å². The van der Waals surface area contributed by atoms with Gasteiger partial charge in [-0.2, -0.15) is 5.10 Å². The summed E-state index contributed by atoms with van der Waals surface area (Å²) in [5.74, 6) is 0.623. The van der Waals surface area contributed by atoms with Crippen LogP contribution < -0.4 is 11.5 Å². The molecule has 0 radical (unpaired) electrons. The van der Waals surface area contributed by atoms with Crippen LogP contribution in [-0.2, 0) is 13.1 Å². The molecule has 4 nitrogen and oxygen atoms in total. The van der Waals surface area contributed by atoms with Crippen molar-refractivity contribution in [3.63, 3.8) is 0 Å². The number of hydrogen-bond donors (Lipinski definition) is 2. The lowest BCUT2D eigenvalue weighted by molar-refractivity contribution is 0.697. The molecule has 0 saturated carbocycles. The highest BCUT2D eigenvalue weighted by atomic mass is 35.5. The van der Waals surface area contributed by atoms with Crippen LogP contribution in [0.15, 0.2) is 30.5 Å². The van der Waals surface area contributed by atoms with E-state index in [0.717, 1.165) is 16.1 Å². The number of nitrogens with two attached hydrogens (primary N) is 2. The first-order chi connectivity index (χ1) is 7.70. The average molecular weight is 237 g/mol. The SMILES string of the molecule is NCc1cnn(Cc2ccc(Cl)cc2)c1N. The molecule has 0 atom stereocenters. The molecule has 0 aliphatic rings. The third-order valence-corrected chi connectivity index (χ3v) is 2.68. The molecule has 1 aromatic carbocycles. The van der Waals surface area contributed by atoms with Crippen LogP contribution in [0.4, 0.5) is 5.82 Å². The van der Waals surface area contributed by atoms with E-state index in [9.17, 15) is 0 Å². The molecule has 5 heteroatoms. The standard InChI is InChI=1S/C11H13ClN4/c12-10-3-1-8(2-4-10)7-16-11(14)9(5-13)6-15-16/h1-4,6H,5,7,13-14H2. The van der Waals surface area contributed by atoms with Crippen molar-refractivity contribution in [3.05, 3.63) is 46.6 Å². The number of halogens is 1. The molecule has 2 aromatic rings. The van der Waals surface area contributed by atoms with Crippen LogP contribution in [0.5, 0.6) is 0 Å². The zero-order valence-electron chi connectivity index (χ0n) is 8.73. The summed E-state index contributed by atoms with van der Waals surface area (Å²) < 4.78 is 1.73. The lowest BCUT2D eigenvalue weighted by Gasteiger charge is -2.05. The van der Waals surface area contributed by atoms with Crippen LogP contribution >= 0.6 is 11.6 Å². The van der Waals surface area contributed by atoms with Crippen LogP contribution in [0.25, 0.3) is 0 Å². The van der Waals surface area contributed by atoms with Gasteiger partial charge in [0.05, 0.1) is 12.7 Å². The molecule has 0 fully saturated rings. The summed E-state index contributed by atoms with van der Waals surface area (Å²) in [5.41, 5.74) is 13.4. The zero-order chi connectivity index (χ0) is 11.5. The van der Waals surface area contributed by atoms with Gasteiger partial charge in [-0.15, -0.1) is 0 Å². The van der Waals surface area contributed by atoms with Crippen LogP contribution in [-0.4, -0.2) is 9.78 Å². The first-order valence-electron chi connectivity index (χ1n) is 4.95. The summed E-state index contributed by atoms with van der Waals surface area (Å²) >= 11 is 5.81. The predicted molar refractivity (Wildman–Crippen MR) is 65.1 cm³/mol. The summed E-state index contributed by atoms with van der Waals surface area (Å²) in [6.45, 7) is 1.04. The number of benzene rings is 1. The molecule has 0 amide bonds. The Labute approximate surface area is 98.8 Å². The molecule has 16 heavy (non-hydrogen) atoms. The van der Waals surface area contributed by atoms with Gasteiger partial charge in [-0.05, 0) is 17.7 Å². The van der Waals surface area contributed by atoms with Gasteiger partial charge in [-0.3, -0.25) is 0 Å². The smallest absolute Gasteiger partial charge is 0.126 e. The van der Waals surface area contributed by atoms with Crippen molar-refractivity contribution in [2.24, 2.45) is 5.73 Å². The maximum Gasteiger partial charge on any atom is 0.126 e. The van der Waals surface area contributed by atoms with Gasteiger partial charge < -0.3 is 11.5 Å². The van der Waals surface area contributed by atoms with E-state index in [1.165, 1.54) is 0 Å². The van der Waals surface area contributed by atoms with E-state index in [4.69, 9.17) is 23.1 Å². The summed E-state index contributed by atoms with van der Waals surface area (Å²) in [6.07, 6.45) is 1.70. The Morgan fingerprint density at radius 1 is 1.25 bits per heavy atom. The predicted octanol–water partition coefficient (Wildman–Crippen LogP) is 1.63. The molecular formula is C11H13ClN4. The van der Waals surface area contributed by atoms with E-state index in [1.807, 2.05) is 24.3 Å². The topological polar surface area (TPSA) is 69.9 Å². The normalized spacial score (nSPS) is 10.6. The van der Waals surface area contributed by atoms with Gasteiger partial charge in [0.2, 0.25) is 0 Å². The number of hydrogen-bond acceptors (Lipinski definition) is 3. The summed E-state index contributed by atoms with van der Waals surface area (Å²) in [5, 5.41) is 4.91. The Bertz CT molecular complexity index is 475. The van der Waals surface area contributed by atoms with E-state index in [0.29, 0.717) is 18.9 Å². The van der Waals surface area contributed by atoms with Crippen LogP contribution in [0.1, 0.15) is 11.1 Å². The highest BCUT2D eigenvalue weighted by Gasteiger charge is 2.05. The summed E-state index contributed by atoms with van der Waals surface area (Å²) in [7, 11) is 0. The van der Waals surface area contributed by atoms with Crippen molar-refractivity contribution < 1.29 is 0 Å². The van der Waals surface area contributed by atoms with E-state index in [2.05, 4.69) is 5.10 Å². The average Bonchev–Trinajstić information content (AvgIpc) is 2.63. The lowest BCUT2D eigenvalue weighted by atomic mass is 10.2. The van der Waals surface area contributed by atoms with Crippen LogP contribution in [0.3, 0.4) is 0 Å². The largest absolute Gasteiger partial charge is 0.384 e. The molecule has 0 aliphatic carbocycles. The van der Waals surface area contributed by atoms with Crippen molar-refractivity contribution in [3.8, 4) is 0 Å². The van der Waals surface area contributed by atoms with Crippen molar-refractivity contribution in [1.29, 1.82) is 0 Å². The lowest BCUT2D eigenvalue weighted by Crippen LogP contribution is -2.07. The van der Waals surface area contributed by atoms with Crippen LogP contribution in [0, 0.1) is 0 Å². The maximum absolute atomic E-state index is 5.89. The zero-order valence-corrected chi connectivity index (χ0v) is 9.48. The molecule has 0 aliphatic heterocycles. The molecule has 84 valence electrons. The van der Waals surface area contributed by atoms with Gasteiger partial charge in [0, 0.05) is 17.1 Å². The minimum Gasteiger partial charge on any atom is -0.384 e. The van der Waals surface area contributed by atoms with E-state index in [-0.39, 0.29) is 0 Å². The van der Waals surface area contributed by atoms with Crippen molar-refractivity contribution in [2.45, 2.75) is 13.1 Å². The second-order valence-electron chi connectivity index (χ2n) is 3.54. The minimum atomic E-state index is 0.409. The fraction of sp³-hybridized carbons (Fsp3) is 0.182. The quantitative estimate of drug-likeness (QED) is 0.851. The highest BCUT2D eigenvalue weighted by Crippen LogP contribution is 2.14. The Balaban J connectivity index is 2.20. The van der Waals surface area contributed by atoms with Gasteiger partial charge in [-0.1, -0.05) is 23.7 Å². The molecule has 0 bridgehead atoms. The Kier molecular flexibility index (Phi) is 3.12. The van der Waals surface area contributed by atoms with Gasteiger partial charge in [-0.25, -0.2) is 4.68 Å². The molecule has 2 rings (SSSR count). The van der Waals surface area contributed by atoms with Gasteiger partial charge in [0.1, 0.15) is 5.82 Å². The molecule has 1 aromatic heterocycles. The van der Waals surface area contributed by atoms with E-state index in [1.54, 1.807) is 10.9 Å². The van der Waals surface area contributed by atoms with Crippen molar-refractivity contribution in [1.82, 2.24) is 9.78 Å². The number of nitrogens with zero attached hydrogens (tertiary/aromatic N) is 2. The number of anilines is 1. The third-order valence-electron chi connectivity index (χ3n) is 2.43. The fourth-order valence-corrected chi connectivity index (χ4v) is 1.61. The Morgan fingerprint density at radius 3 is 2.50 bits per heavy atom. The molecule has 4 N–H and O–H groups in total. The Morgan fingerprint density at radius 2 is 1.94 bits per heavy atom. The molecular weight excluding hydrogens is 224 g/mol. The van der Waals surface area contributed by atoms with Crippen LogP contribution in [0.2, 0.25) is 5.02 Å². The summed E-state index contributed by atoms with van der Waals surface area (Å²) in [4.78, 5) is 0. The fourth-order valence-electron chi connectivity index (χ4n) is 1.48. The molecule has 1 heterocycles. The molecule has 0 unspecified atom stereocenters. The van der Waals surface area contributed by atoms with Gasteiger partial charge >= 0.3 is 0 Å². The third kappa shape index (κ3) is 2.18. The molecule has 0 saturated heterocycles. The first-order valence-corrected chi connectivity index (χ1v) is 5.33. The minimum absolute atomic E-state index is 0.409. The second kappa shape index (κ2) is 4.55. The van der Waals surface area contributed by atoms with Crippen molar-refractivity contribution >= 4 is 17.4 Å². The van der Waals surface area contributed by atoms with Crippen molar-refractivity contribution in [2.75, 3.05) is 5.73 Å². The molecule has 0 spiro atoms. The van der Waals surface area contributed by atoms with E-state index >= 15 is 0 Å². The first kappa shape index (κ1) is 11.0. The highest BCUT2D eigenvalue weighted by molar-refractivity contribution is 6.30. The number of rotatable bonds is 3. The maximum atomic E-state index is 5.89. The summed E-state index contributed by atoms with van der Waals surface area (Å²) in [6, 6.07) is 7.60.